The van der Waals surface area contributed by atoms with Crippen LogP contribution in [0.15, 0.2) is 34.7 Å². The van der Waals surface area contributed by atoms with E-state index in [1.165, 1.54) is 15.8 Å². The van der Waals surface area contributed by atoms with E-state index in [1.54, 1.807) is 11.3 Å². The van der Waals surface area contributed by atoms with E-state index in [2.05, 4.69) is 46.3 Å². The molecule has 3 rings (SSSR count). The first kappa shape index (κ1) is 13.5. The minimum absolute atomic E-state index is 0.807. The molecular weight excluding hydrogens is 286 g/mol. The molecule has 0 unspecified atom stereocenters. The van der Waals surface area contributed by atoms with Crippen molar-refractivity contribution >= 4 is 39.7 Å². The number of aryl methyl sites for hydroxylation is 1. The summed E-state index contributed by atoms with van der Waals surface area (Å²) >= 11 is 3.54. The fourth-order valence-corrected chi connectivity index (χ4v) is 3.94. The Balaban J connectivity index is 2.04. The summed E-state index contributed by atoms with van der Waals surface area (Å²) < 4.78 is 2.23. The average Bonchev–Trinajstić information content (AvgIpc) is 2.98. The van der Waals surface area contributed by atoms with Crippen LogP contribution in [0.3, 0.4) is 0 Å². The summed E-state index contributed by atoms with van der Waals surface area (Å²) in [4.78, 5) is 5.80. The highest BCUT2D eigenvalue weighted by Gasteiger charge is 2.09. The molecule has 0 atom stereocenters. The molecule has 0 radical (unpaired) electrons. The van der Waals surface area contributed by atoms with Crippen LogP contribution in [0.2, 0.25) is 0 Å². The Hall–Kier alpha value is -1.46. The number of hydrogen-bond donors (Lipinski definition) is 1. The fourth-order valence-electron chi connectivity index (χ4n) is 2.32. The molecule has 3 nitrogen and oxygen atoms in total. The van der Waals surface area contributed by atoms with Crippen LogP contribution >= 0.6 is 23.1 Å². The normalized spacial score (nSPS) is 11.3. The van der Waals surface area contributed by atoms with Crippen molar-refractivity contribution in [1.29, 1.82) is 0 Å². The second kappa shape index (κ2) is 5.50. The number of nitrogens with two attached hydrogens (primary N) is 1. The summed E-state index contributed by atoms with van der Waals surface area (Å²) in [5, 5.41) is 4.50. The summed E-state index contributed by atoms with van der Waals surface area (Å²) in [7, 11) is 0. The van der Waals surface area contributed by atoms with Gasteiger partial charge in [-0.2, -0.15) is 0 Å². The van der Waals surface area contributed by atoms with Crippen molar-refractivity contribution < 1.29 is 0 Å². The van der Waals surface area contributed by atoms with Crippen molar-refractivity contribution in [2.24, 2.45) is 0 Å². The van der Waals surface area contributed by atoms with Crippen LogP contribution in [0.1, 0.15) is 17.6 Å². The number of nitrogens with zero attached hydrogens (tertiary/aromatic N) is 2. The van der Waals surface area contributed by atoms with Crippen molar-refractivity contribution in [3.8, 4) is 0 Å². The molecule has 20 heavy (non-hydrogen) atoms. The molecule has 0 aliphatic rings. The number of benzene rings is 1. The van der Waals surface area contributed by atoms with Crippen LogP contribution in [0.5, 0.6) is 0 Å². The van der Waals surface area contributed by atoms with Gasteiger partial charge in [-0.3, -0.25) is 0 Å². The number of nitrogen functional groups attached to an aromatic ring is 1. The van der Waals surface area contributed by atoms with Crippen LogP contribution in [-0.2, 0) is 6.54 Å². The molecule has 0 spiro atoms. The molecule has 0 aliphatic heterocycles. The molecular formula is C15H17N3S2. The predicted octanol–water partition coefficient (Wildman–Crippen LogP) is 4.15. The molecule has 0 saturated carbocycles. The van der Waals surface area contributed by atoms with E-state index in [4.69, 9.17) is 5.73 Å². The van der Waals surface area contributed by atoms with E-state index in [1.807, 2.05) is 18.7 Å². The van der Waals surface area contributed by atoms with Gasteiger partial charge in [0.25, 0.3) is 0 Å². The first-order valence-corrected chi connectivity index (χ1v) is 8.46. The van der Waals surface area contributed by atoms with Gasteiger partial charge in [-0.25, -0.2) is 4.98 Å². The van der Waals surface area contributed by atoms with E-state index in [0.29, 0.717) is 0 Å². The van der Waals surface area contributed by atoms with Crippen LogP contribution in [-0.4, -0.2) is 15.3 Å². The molecule has 1 aromatic carbocycles. The topological polar surface area (TPSA) is 43.8 Å². The maximum absolute atomic E-state index is 6.04. The van der Waals surface area contributed by atoms with Gasteiger partial charge in [0.05, 0.1) is 12.1 Å². The smallest absolute Gasteiger partial charge is 0.113 e. The summed E-state index contributed by atoms with van der Waals surface area (Å²) in [6.07, 6.45) is 2.13. The molecule has 104 valence electrons. The van der Waals surface area contributed by atoms with Crippen molar-refractivity contribution in [2.45, 2.75) is 25.3 Å². The minimum Gasteiger partial charge on any atom is -0.399 e. The van der Waals surface area contributed by atoms with Crippen LogP contribution in [0.4, 0.5) is 5.69 Å². The number of rotatable bonds is 4. The van der Waals surface area contributed by atoms with Gasteiger partial charge in [0.15, 0.2) is 0 Å². The standard InChI is InChI=1S/C15H17N3S2/c1-3-19-14-7-11(16)6-13-12(14)4-5-18(13)8-15-17-10(2)9-20-15/h4-7,9H,3,8,16H2,1-2H3. The zero-order valence-electron chi connectivity index (χ0n) is 11.6. The first-order valence-electron chi connectivity index (χ1n) is 6.59. The maximum Gasteiger partial charge on any atom is 0.113 e. The fraction of sp³-hybridized carbons (Fsp3) is 0.267. The number of aromatic nitrogens is 2. The summed E-state index contributed by atoms with van der Waals surface area (Å²) in [6.45, 7) is 5.00. The van der Waals surface area contributed by atoms with E-state index < -0.39 is 0 Å². The van der Waals surface area contributed by atoms with Gasteiger partial charge in [0.1, 0.15) is 5.01 Å². The van der Waals surface area contributed by atoms with Gasteiger partial charge < -0.3 is 10.3 Å². The van der Waals surface area contributed by atoms with Gasteiger partial charge in [-0.05, 0) is 30.9 Å². The van der Waals surface area contributed by atoms with Gasteiger partial charge in [0.2, 0.25) is 0 Å². The van der Waals surface area contributed by atoms with E-state index in [9.17, 15) is 0 Å². The zero-order chi connectivity index (χ0) is 14.1. The van der Waals surface area contributed by atoms with Gasteiger partial charge in [-0.1, -0.05) is 6.92 Å². The van der Waals surface area contributed by atoms with Crippen molar-refractivity contribution in [1.82, 2.24) is 9.55 Å². The molecule has 0 amide bonds. The lowest BCUT2D eigenvalue weighted by Gasteiger charge is -2.07. The third-order valence-electron chi connectivity index (χ3n) is 3.15. The van der Waals surface area contributed by atoms with Crippen LogP contribution in [0, 0.1) is 6.92 Å². The Morgan fingerprint density at radius 2 is 2.25 bits per heavy atom. The first-order chi connectivity index (χ1) is 9.67. The molecule has 0 saturated heterocycles. The number of anilines is 1. The molecule has 0 fully saturated rings. The summed E-state index contributed by atoms with van der Waals surface area (Å²) in [6, 6.07) is 6.29. The highest BCUT2D eigenvalue weighted by atomic mass is 32.2. The predicted molar refractivity (Wildman–Crippen MR) is 88.7 cm³/mol. The molecule has 2 N–H and O–H groups in total. The van der Waals surface area contributed by atoms with Gasteiger partial charge in [0, 0.05) is 33.2 Å². The Bertz CT molecular complexity index is 743. The molecule has 5 heteroatoms. The van der Waals surface area contributed by atoms with Crippen molar-refractivity contribution in [3.05, 3.63) is 40.5 Å². The Morgan fingerprint density at radius 1 is 1.40 bits per heavy atom. The zero-order valence-corrected chi connectivity index (χ0v) is 13.2. The van der Waals surface area contributed by atoms with Gasteiger partial charge >= 0.3 is 0 Å². The van der Waals surface area contributed by atoms with Crippen molar-refractivity contribution in [2.75, 3.05) is 11.5 Å². The van der Waals surface area contributed by atoms with Crippen LogP contribution in [0.25, 0.3) is 10.9 Å². The quantitative estimate of drug-likeness (QED) is 0.581. The molecule has 0 bridgehead atoms. The second-order valence-corrected chi connectivity index (χ2v) is 6.96. The third-order valence-corrected chi connectivity index (χ3v) is 5.03. The van der Waals surface area contributed by atoms with Crippen LogP contribution < -0.4 is 5.73 Å². The molecule has 2 heterocycles. The minimum atomic E-state index is 0.807. The SMILES string of the molecule is CCSc1cc(N)cc2c1ccn2Cc1nc(C)cs1. The Kier molecular flexibility index (Phi) is 3.72. The van der Waals surface area contributed by atoms with E-state index >= 15 is 0 Å². The van der Waals surface area contributed by atoms with E-state index in [-0.39, 0.29) is 0 Å². The summed E-state index contributed by atoms with van der Waals surface area (Å²) in [5.74, 6) is 1.05. The summed E-state index contributed by atoms with van der Waals surface area (Å²) in [5.41, 5.74) is 9.14. The Labute approximate surface area is 126 Å². The average molecular weight is 303 g/mol. The van der Waals surface area contributed by atoms with Gasteiger partial charge in [-0.15, -0.1) is 23.1 Å². The molecule has 3 aromatic rings. The highest BCUT2D eigenvalue weighted by molar-refractivity contribution is 7.99. The Morgan fingerprint density at radius 3 is 2.95 bits per heavy atom. The number of thiazole rings is 1. The van der Waals surface area contributed by atoms with Crippen molar-refractivity contribution in [3.63, 3.8) is 0 Å². The monoisotopic (exact) mass is 303 g/mol. The second-order valence-electron chi connectivity index (χ2n) is 4.71. The van der Waals surface area contributed by atoms with E-state index in [0.717, 1.165) is 28.7 Å². The lowest BCUT2D eigenvalue weighted by molar-refractivity contribution is 0.824. The molecule has 0 aliphatic carbocycles. The number of fused-ring (bicyclic) bond motifs is 1. The lowest BCUT2D eigenvalue weighted by atomic mass is 10.2. The number of thioether (sulfide) groups is 1. The largest absolute Gasteiger partial charge is 0.399 e. The lowest BCUT2D eigenvalue weighted by Crippen LogP contribution is -1.98. The highest BCUT2D eigenvalue weighted by Crippen LogP contribution is 2.31. The molecule has 2 aromatic heterocycles. The number of hydrogen-bond acceptors (Lipinski definition) is 4. The third kappa shape index (κ3) is 2.55. The maximum atomic E-state index is 6.04.